The predicted octanol–water partition coefficient (Wildman–Crippen LogP) is 3.79. The van der Waals surface area contributed by atoms with Gasteiger partial charge in [-0.05, 0) is 44.4 Å². The smallest absolute Gasteiger partial charge is 0.149 e. The summed E-state index contributed by atoms with van der Waals surface area (Å²) in [7, 11) is 0. The van der Waals surface area contributed by atoms with Crippen molar-refractivity contribution in [3.63, 3.8) is 0 Å². The lowest BCUT2D eigenvalue weighted by molar-refractivity contribution is 1.01. The van der Waals surface area contributed by atoms with Crippen LogP contribution < -0.4 is 0 Å². The average Bonchev–Trinajstić information content (AvgIpc) is 2.07. The molecule has 3 heteroatoms. The summed E-state index contributed by atoms with van der Waals surface area (Å²) in [6.07, 6.45) is 0. The molecule has 0 fully saturated rings. The highest BCUT2D eigenvalue weighted by Gasteiger charge is 2.13. The molecule has 0 aliphatic rings. The van der Waals surface area contributed by atoms with Crippen molar-refractivity contribution in [1.29, 1.82) is 0 Å². The molecule has 0 saturated heterocycles. The van der Waals surface area contributed by atoms with Crippen LogP contribution in [0.4, 0.5) is 0 Å². The van der Waals surface area contributed by atoms with Gasteiger partial charge in [0.15, 0.2) is 0 Å². The van der Waals surface area contributed by atoms with Gasteiger partial charge in [0.1, 0.15) is 4.84 Å². The summed E-state index contributed by atoms with van der Waals surface area (Å²) >= 11 is 11.6. The SMILES string of the molecule is Cc1nc(C(Cl)Cl)c(C)c(C)c1C. The van der Waals surface area contributed by atoms with Gasteiger partial charge in [-0.25, -0.2) is 0 Å². The fraction of sp³-hybridized carbons (Fsp3) is 0.500. The number of nitrogens with zero attached hydrogens (tertiary/aromatic N) is 1. The first-order valence-electron chi connectivity index (χ1n) is 4.17. The number of aryl methyl sites for hydroxylation is 1. The number of hydrogen-bond acceptors (Lipinski definition) is 1. The molecule has 0 atom stereocenters. The van der Waals surface area contributed by atoms with Gasteiger partial charge in [0.05, 0.1) is 5.69 Å². The molecule has 0 aromatic carbocycles. The maximum Gasteiger partial charge on any atom is 0.149 e. The fourth-order valence-corrected chi connectivity index (χ4v) is 1.73. The van der Waals surface area contributed by atoms with Crippen LogP contribution in [0.1, 0.15) is 32.9 Å². The quantitative estimate of drug-likeness (QED) is 0.653. The Kier molecular flexibility index (Phi) is 3.20. The molecular formula is C10H13Cl2N. The molecule has 1 nitrogen and oxygen atoms in total. The number of rotatable bonds is 1. The second-order valence-corrected chi connectivity index (χ2v) is 4.35. The van der Waals surface area contributed by atoms with Gasteiger partial charge in [-0.3, -0.25) is 4.98 Å². The van der Waals surface area contributed by atoms with Gasteiger partial charge in [-0.15, -0.1) is 0 Å². The highest BCUT2D eigenvalue weighted by molar-refractivity contribution is 6.44. The third-order valence-electron chi connectivity index (χ3n) is 2.55. The van der Waals surface area contributed by atoms with Crippen LogP contribution in [0.15, 0.2) is 0 Å². The molecular weight excluding hydrogens is 205 g/mol. The summed E-state index contributed by atoms with van der Waals surface area (Å²) in [5.74, 6) is 0. The van der Waals surface area contributed by atoms with Crippen molar-refractivity contribution in [2.24, 2.45) is 0 Å². The molecule has 13 heavy (non-hydrogen) atoms. The van der Waals surface area contributed by atoms with E-state index in [2.05, 4.69) is 18.8 Å². The van der Waals surface area contributed by atoms with Gasteiger partial charge in [0.25, 0.3) is 0 Å². The van der Waals surface area contributed by atoms with Crippen LogP contribution in [0, 0.1) is 27.7 Å². The second-order valence-electron chi connectivity index (χ2n) is 3.26. The Morgan fingerprint density at radius 2 is 1.46 bits per heavy atom. The van der Waals surface area contributed by atoms with E-state index in [1.54, 1.807) is 0 Å². The molecule has 0 radical (unpaired) electrons. The van der Waals surface area contributed by atoms with Gasteiger partial charge in [-0.2, -0.15) is 0 Å². The summed E-state index contributed by atoms with van der Waals surface area (Å²) < 4.78 is 0. The van der Waals surface area contributed by atoms with E-state index < -0.39 is 4.84 Å². The monoisotopic (exact) mass is 217 g/mol. The molecule has 0 N–H and O–H groups in total. The Balaban J connectivity index is 3.41. The summed E-state index contributed by atoms with van der Waals surface area (Å²) in [5, 5.41) is 0. The standard InChI is InChI=1S/C10H13Cl2N/c1-5-6(2)8(4)13-9(7(5)3)10(11)12/h10H,1-4H3. The number of hydrogen-bond donors (Lipinski definition) is 0. The van der Waals surface area contributed by atoms with E-state index in [1.165, 1.54) is 11.1 Å². The van der Waals surface area contributed by atoms with E-state index in [4.69, 9.17) is 23.2 Å². The van der Waals surface area contributed by atoms with Gasteiger partial charge >= 0.3 is 0 Å². The Bertz CT molecular complexity index is 332. The average molecular weight is 218 g/mol. The van der Waals surface area contributed by atoms with E-state index in [0.29, 0.717) is 0 Å². The third-order valence-corrected chi connectivity index (χ3v) is 2.96. The van der Waals surface area contributed by atoms with E-state index in [1.807, 2.05) is 13.8 Å². The van der Waals surface area contributed by atoms with Gasteiger partial charge < -0.3 is 0 Å². The minimum absolute atomic E-state index is 0.530. The first-order valence-corrected chi connectivity index (χ1v) is 5.05. The van der Waals surface area contributed by atoms with Gasteiger partial charge in [0.2, 0.25) is 0 Å². The van der Waals surface area contributed by atoms with Crippen LogP contribution in [0.25, 0.3) is 0 Å². The van der Waals surface area contributed by atoms with Crippen molar-refractivity contribution in [3.05, 3.63) is 28.1 Å². The van der Waals surface area contributed by atoms with Crippen molar-refractivity contribution in [3.8, 4) is 0 Å². The maximum atomic E-state index is 5.81. The number of halogens is 2. The molecule has 72 valence electrons. The zero-order valence-electron chi connectivity index (χ0n) is 8.28. The summed E-state index contributed by atoms with van der Waals surface area (Å²) in [5.41, 5.74) is 5.33. The highest BCUT2D eigenvalue weighted by atomic mass is 35.5. The largest absolute Gasteiger partial charge is 0.255 e. The lowest BCUT2D eigenvalue weighted by Crippen LogP contribution is -2.02. The van der Waals surface area contributed by atoms with Crippen LogP contribution in [0.5, 0.6) is 0 Å². The molecule has 0 aliphatic carbocycles. The van der Waals surface area contributed by atoms with Crippen molar-refractivity contribution < 1.29 is 0 Å². The zero-order chi connectivity index (χ0) is 10.2. The molecule has 0 bridgehead atoms. The van der Waals surface area contributed by atoms with Crippen LogP contribution in [0.2, 0.25) is 0 Å². The summed E-state index contributed by atoms with van der Waals surface area (Å²) in [6, 6.07) is 0. The van der Waals surface area contributed by atoms with Crippen LogP contribution in [0.3, 0.4) is 0 Å². The summed E-state index contributed by atoms with van der Waals surface area (Å²) in [4.78, 5) is 3.84. The molecule has 0 saturated carbocycles. The normalized spacial score (nSPS) is 11.0. The lowest BCUT2D eigenvalue weighted by Gasteiger charge is -2.13. The van der Waals surface area contributed by atoms with E-state index in [9.17, 15) is 0 Å². The number of pyridine rings is 1. The number of aromatic nitrogens is 1. The van der Waals surface area contributed by atoms with Gasteiger partial charge in [-0.1, -0.05) is 23.2 Å². The first-order chi connectivity index (χ1) is 5.95. The van der Waals surface area contributed by atoms with Crippen molar-refractivity contribution in [2.75, 3.05) is 0 Å². The zero-order valence-corrected chi connectivity index (χ0v) is 9.79. The Labute approximate surface area is 89.1 Å². The first kappa shape index (κ1) is 10.8. The molecule has 1 rings (SSSR count). The summed E-state index contributed by atoms with van der Waals surface area (Å²) in [6.45, 7) is 8.11. The lowest BCUT2D eigenvalue weighted by atomic mass is 10.0. The minimum atomic E-state index is -0.530. The van der Waals surface area contributed by atoms with E-state index >= 15 is 0 Å². The van der Waals surface area contributed by atoms with Crippen LogP contribution >= 0.6 is 23.2 Å². The molecule has 0 aliphatic heterocycles. The Hall–Kier alpha value is -0.270. The Morgan fingerprint density at radius 1 is 0.923 bits per heavy atom. The van der Waals surface area contributed by atoms with E-state index in [0.717, 1.165) is 17.0 Å². The molecule has 0 spiro atoms. The van der Waals surface area contributed by atoms with E-state index in [-0.39, 0.29) is 0 Å². The predicted molar refractivity (Wildman–Crippen MR) is 57.6 cm³/mol. The molecule has 0 unspecified atom stereocenters. The van der Waals surface area contributed by atoms with Crippen molar-refractivity contribution in [2.45, 2.75) is 32.5 Å². The van der Waals surface area contributed by atoms with Crippen molar-refractivity contribution in [1.82, 2.24) is 4.98 Å². The maximum absolute atomic E-state index is 5.81. The highest BCUT2D eigenvalue weighted by Crippen LogP contribution is 2.29. The molecule has 1 heterocycles. The van der Waals surface area contributed by atoms with Gasteiger partial charge in [0, 0.05) is 5.69 Å². The fourth-order valence-electron chi connectivity index (χ4n) is 1.31. The molecule has 1 aromatic rings. The number of alkyl halides is 2. The second kappa shape index (κ2) is 3.85. The topological polar surface area (TPSA) is 12.9 Å². The molecule has 1 aromatic heterocycles. The third kappa shape index (κ3) is 1.97. The Morgan fingerprint density at radius 3 is 1.92 bits per heavy atom. The van der Waals surface area contributed by atoms with Crippen molar-refractivity contribution >= 4 is 23.2 Å². The molecule has 0 amide bonds. The van der Waals surface area contributed by atoms with Crippen LogP contribution in [-0.2, 0) is 0 Å². The van der Waals surface area contributed by atoms with Crippen LogP contribution in [-0.4, -0.2) is 4.98 Å². The minimum Gasteiger partial charge on any atom is -0.255 e.